The van der Waals surface area contributed by atoms with Gasteiger partial charge in [-0.05, 0) is 106 Å². The molecule has 0 radical (unpaired) electrons. The molecule has 0 N–H and O–H groups in total. The number of furan rings is 2. The maximum atomic E-state index is 9.38. The van der Waals surface area contributed by atoms with Crippen LogP contribution in [0.5, 0.6) is 23.0 Å². The van der Waals surface area contributed by atoms with Gasteiger partial charge in [-0.25, -0.2) is 9.69 Å². The summed E-state index contributed by atoms with van der Waals surface area (Å²) in [6.07, 6.45) is 1.68. The number of benzene rings is 9. The average Bonchev–Trinajstić information content (AvgIpc) is 3.96. The van der Waals surface area contributed by atoms with Gasteiger partial charge in [0.25, 0.3) is 0 Å². The molecule has 0 fully saturated rings. The minimum atomic E-state index is -0.482. The van der Waals surface area contributed by atoms with Crippen molar-refractivity contribution >= 4 is 89.4 Å². The van der Waals surface area contributed by atoms with Gasteiger partial charge in [-0.1, -0.05) is 137 Å². The van der Waals surface area contributed by atoms with E-state index in [9.17, 15) is 6.57 Å². The molecule has 11 aromatic rings. The van der Waals surface area contributed by atoms with Gasteiger partial charge in [-0.15, -0.1) is 0 Å². The molecule has 344 valence electrons. The highest BCUT2D eigenvalue weighted by atomic mass is 16.5. The highest BCUT2D eigenvalue weighted by molar-refractivity contribution is 6.14. The third-order valence-corrected chi connectivity index (χ3v) is 15.2. The number of fused-ring (bicyclic) bond motifs is 11. The van der Waals surface area contributed by atoms with Crippen LogP contribution in [0.15, 0.2) is 179 Å². The second-order valence-corrected chi connectivity index (χ2v) is 20.4. The Balaban J connectivity index is 1.16. The van der Waals surface area contributed by atoms with Gasteiger partial charge in [0.2, 0.25) is 11.4 Å². The van der Waals surface area contributed by atoms with Gasteiger partial charge in [0.1, 0.15) is 22.3 Å². The predicted octanol–water partition coefficient (Wildman–Crippen LogP) is 19.4. The maximum Gasteiger partial charge on any atom is 0.220 e. The van der Waals surface area contributed by atoms with Gasteiger partial charge in [0.15, 0.2) is 23.0 Å². The van der Waals surface area contributed by atoms with Crippen molar-refractivity contribution in [2.75, 3.05) is 9.80 Å². The van der Waals surface area contributed by atoms with Crippen LogP contribution in [0.2, 0.25) is 0 Å². The van der Waals surface area contributed by atoms with Crippen LogP contribution in [0.1, 0.15) is 51.7 Å². The fourth-order valence-corrected chi connectivity index (χ4v) is 11.7. The van der Waals surface area contributed by atoms with Crippen molar-refractivity contribution < 1.29 is 18.3 Å². The molecule has 0 amide bonds. The van der Waals surface area contributed by atoms with E-state index < -0.39 is 10.8 Å². The summed E-state index contributed by atoms with van der Waals surface area (Å²) in [6.45, 7) is 27.5. The Hall–Kier alpha value is -9.24. The Morgan fingerprint density at radius 1 is 0.389 bits per heavy atom. The SMILES string of the molecule is [C-]#[N+]c1c([N+]#[C-])c2c(c(N3c4ccc(-c5ccccc5)cc4Oc4cc5oc6ccccc6c5cc43)c1N1c3ccc(-c4ccccc4)cc3Oc3cc4oc5ccccc5c4cc31)C(C)(C)CCC2(C)C. The smallest absolute Gasteiger partial charge is 0.220 e. The van der Waals surface area contributed by atoms with Crippen molar-refractivity contribution in [2.45, 2.75) is 51.4 Å². The van der Waals surface area contributed by atoms with Crippen LogP contribution >= 0.6 is 0 Å². The van der Waals surface area contributed by atoms with Crippen LogP contribution in [0.3, 0.4) is 0 Å². The Labute approximate surface area is 416 Å². The summed E-state index contributed by atoms with van der Waals surface area (Å²) < 4.78 is 27.3. The first kappa shape index (κ1) is 41.7. The number of anilines is 6. The molecule has 0 bridgehead atoms. The van der Waals surface area contributed by atoms with Crippen molar-refractivity contribution in [3.63, 3.8) is 0 Å². The van der Waals surface area contributed by atoms with E-state index in [4.69, 9.17) is 24.9 Å². The zero-order valence-corrected chi connectivity index (χ0v) is 40.0. The van der Waals surface area contributed by atoms with Crippen LogP contribution in [0.4, 0.5) is 45.5 Å². The van der Waals surface area contributed by atoms with Gasteiger partial charge in [0.05, 0.1) is 47.3 Å². The molecule has 0 atom stereocenters. The third kappa shape index (κ3) is 6.03. The van der Waals surface area contributed by atoms with Crippen molar-refractivity contribution in [3.8, 4) is 45.3 Å². The molecule has 1 aliphatic carbocycles. The molecule has 0 saturated carbocycles. The number of ether oxygens (including phenoxy) is 2. The second-order valence-electron chi connectivity index (χ2n) is 20.4. The van der Waals surface area contributed by atoms with Crippen LogP contribution in [-0.2, 0) is 10.8 Å². The first-order valence-electron chi connectivity index (χ1n) is 24.3. The molecular formula is C64H44N4O4. The van der Waals surface area contributed by atoms with E-state index in [0.717, 1.165) is 102 Å². The zero-order chi connectivity index (χ0) is 48.6. The zero-order valence-electron chi connectivity index (χ0n) is 40.0. The number of para-hydroxylation sites is 2. The molecule has 72 heavy (non-hydrogen) atoms. The lowest BCUT2D eigenvalue weighted by molar-refractivity contribution is 0.334. The molecule has 8 heteroatoms. The van der Waals surface area contributed by atoms with Gasteiger partial charge in [-0.3, -0.25) is 0 Å². The molecule has 2 aliphatic heterocycles. The Kier molecular flexibility index (Phi) is 8.76. The fraction of sp³-hybridized carbons (Fsp3) is 0.125. The third-order valence-electron chi connectivity index (χ3n) is 15.2. The van der Waals surface area contributed by atoms with Crippen molar-refractivity contribution in [2.24, 2.45) is 0 Å². The van der Waals surface area contributed by atoms with E-state index in [2.05, 4.69) is 132 Å². The van der Waals surface area contributed by atoms with E-state index >= 15 is 0 Å². The molecule has 0 unspecified atom stereocenters. The molecule has 9 aromatic carbocycles. The van der Waals surface area contributed by atoms with Gasteiger partial charge < -0.3 is 28.1 Å². The lowest BCUT2D eigenvalue weighted by atomic mass is 9.61. The van der Waals surface area contributed by atoms with Crippen molar-refractivity contribution in [3.05, 3.63) is 204 Å². The summed E-state index contributed by atoms with van der Waals surface area (Å²) in [5.74, 6) is 2.41. The molecule has 4 heterocycles. The van der Waals surface area contributed by atoms with E-state index in [1.807, 2.05) is 84.9 Å². The molecule has 3 aliphatic rings. The van der Waals surface area contributed by atoms with Crippen molar-refractivity contribution in [1.29, 1.82) is 0 Å². The minimum absolute atomic E-state index is 0.262. The lowest BCUT2D eigenvalue weighted by Crippen LogP contribution is -2.36. The number of hydrogen-bond acceptors (Lipinski definition) is 6. The van der Waals surface area contributed by atoms with Gasteiger partial charge >= 0.3 is 0 Å². The predicted molar refractivity (Wildman–Crippen MR) is 289 cm³/mol. The average molecular weight is 933 g/mol. The number of rotatable bonds is 4. The first-order chi connectivity index (χ1) is 35.1. The molecule has 8 nitrogen and oxygen atoms in total. The normalized spacial score (nSPS) is 14.9. The molecule has 0 saturated heterocycles. The summed E-state index contributed by atoms with van der Waals surface area (Å²) in [4.78, 5) is 13.4. The van der Waals surface area contributed by atoms with Crippen LogP contribution < -0.4 is 19.3 Å². The minimum Gasteiger partial charge on any atom is -0.456 e. The first-order valence-corrected chi connectivity index (χ1v) is 24.3. The number of hydrogen-bond donors (Lipinski definition) is 0. The summed E-state index contributed by atoms with van der Waals surface area (Å²) in [5, 5.41) is 3.78. The highest BCUT2D eigenvalue weighted by Gasteiger charge is 2.47. The van der Waals surface area contributed by atoms with Gasteiger partial charge in [0, 0.05) is 33.7 Å². The Morgan fingerprint density at radius 3 is 1.31 bits per heavy atom. The quantitative estimate of drug-likeness (QED) is 0.164. The van der Waals surface area contributed by atoms with E-state index in [0.29, 0.717) is 51.2 Å². The summed E-state index contributed by atoms with van der Waals surface area (Å²) in [6, 6.07) is 57.7. The summed E-state index contributed by atoms with van der Waals surface area (Å²) in [5.41, 5.74) is 13.0. The topological polar surface area (TPSA) is 59.9 Å². The highest BCUT2D eigenvalue weighted by Crippen LogP contribution is 2.68. The summed E-state index contributed by atoms with van der Waals surface area (Å²) >= 11 is 0. The largest absolute Gasteiger partial charge is 0.456 e. The summed E-state index contributed by atoms with van der Waals surface area (Å²) in [7, 11) is 0. The molecular weight excluding hydrogens is 889 g/mol. The lowest BCUT2D eigenvalue weighted by Gasteiger charge is -2.48. The fourth-order valence-electron chi connectivity index (χ4n) is 11.7. The molecule has 2 aromatic heterocycles. The second kappa shape index (κ2) is 15.1. The van der Waals surface area contributed by atoms with E-state index in [1.54, 1.807) is 0 Å². The monoisotopic (exact) mass is 932 g/mol. The van der Waals surface area contributed by atoms with E-state index in [-0.39, 0.29) is 5.69 Å². The van der Waals surface area contributed by atoms with Crippen molar-refractivity contribution in [1.82, 2.24) is 0 Å². The number of nitrogens with zero attached hydrogens (tertiary/aromatic N) is 4. The van der Waals surface area contributed by atoms with Crippen LogP contribution in [0, 0.1) is 13.1 Å². The molecule has 0 spiro atoms. The maximum absolute atomic E-state index is 9.38. The molecule has 14 rings (SSSR count). The Morgan fingerprint density at radius 2 is 0.819 bits per heavy atom. The van der Waals surface area contributed by atoms with Crippen LogP contribution in [0.25, 0.3) is 75.8 Å². The Bertz CT molecular complexity index is 4210. The van der Waals surface area contributed by atoms with Crippen LogP contribution in [-0.4, -0.2) is 0 Å². The standard InChI is InChI=1S/C64H44N4O4/c1-63(2)29-30-64(3,4)58-57(63)59(65-5)60(66-6)62(68-46-28-26-40(38-19-11-8-12-20-38)32-54(46)72-56-36-52-44(34-48(56)68)42-22-14-16-24-50(42)70-52)61(58)67-45-27-25-39(37-17-9-7-10-18-37)31-53(45)71-55-35-51-43(33-47(55)67)41-21-13-15-23-49(41)69-51/h7-28,31-36H,29-30H2,1-4H3. The van der Waals surface area contributed by atoms with Gasteiger partial charge in [-0.2, -0.15) is 0 Å². The van der Waals surface area contributed by atoms with E-state index in [1.165, 1.54) is 0 Å².